The molecule has 3 fully saturated rings. The number of amides is 1. The molecule has 1 aromatic carbocycles. The van der Waals surface area contributed by atoms with Crippen molar-refractivity contribution in [3.05, 3.63) is 35.4 Å². The molecule has 3 aliphatic rings. The van der Waals surface area contributed by atoms with Crippen molar-refractivity contribution in [3.8, 4) is 0 Å². The molecule has 2 heterocycles. The summed E-state index contributed by atoms with van der Waals surface area (Å²) in [4.78, 5) is 17.5. The van der Waals surface area contributed by atoms with Crippen LogP contribution in [0.4, 0.5) is 0 Å². The molecule has 1 aromatic rings. The number of nitrogens with one attached hydrogen (secondary N) is 1. The van der Waals surface area contributed by atoms with Crippen molar-refractivity contribution >= 4 is 5.91 Å². The molecule has 4 rings (SSSR count). The van der Waals surface area contributed by atoms with Gasteiger partial charge in [-0.1, -0.05) is 31.4 Å². The van der Waals surface area contributed by atoms with E-state index in [-0.39, 0.29) is 5.91 Å². The molecule has 0 spiro atoms. The smallest absolute Gasteiger partial charge is 0.253 e. The number of hydrogen-bond donors (Lipinski definition) is 1. The number of carbonyl (C=O) groups excluding carboxylic acids is 1. The predicted octanol–water partition coefficient (Wildman–Crippen LogP) is 3.24. The fourth-order valence-corrected chi connectivity index (χ4v) is 4.95. The highest BCUT2D eigenvalue weighted by atomic mass is 16.2. The fourth-order valence-electron chi connectivity index (χ4n) is 4.95. The highest BCUT2D eigenvalue weighted by Gasteiger charge is 2.27. The Hall–Kier alpha value is -1.39. The van der Waals surface area contributed by atoms with E-state index in [1.165, 1.54) is 50.5 Å². The molecule has 26 heavy (non-hydrogen) atoms. The molecule has 1 atom stereocenters. The lowest BCUT2D eigenvalue weighted by Crippen LogP contribution is -2.52. The second-order valence-electron chi connectivity index (χ2n) is 8.29. The minimum Gasteiger partial charge on any atom is -0.336 e. The van der Waals surface area contributed by atoms with Crippen LogP contribution in [0, 0.1) is 0 Å². The maximum atomic E-state index is 12.9. The van der Waals surface area contributed by atoms with E-state index in [0.717, 1.165) is 50.9 Å². The highest BCUT2D eigenvalue weighted by molar-refractivity contribution is 5.94. The number of piperidine rings is 1. The predicted molar refractivity (Wildman–Crippen MR) is 106 cm³/mol. The van der Waals surface area contributed by atoms with Crippen molar-refractivity contribution < 1.29 is 4.79 Å². The second-order valence-corrected chi connectivity index (χ2v) is 8.29. The van der Waals surface area contributed by atoms with Crippen molar-refractivity contribution in [1.29, 1.82) is 0 Å². The zero-order chi connectivity index (χ0) is 17.8. The third kappa shape index (κ3) is 4.12. The molecule has 4 nitrogen and oxygen atoms in total. The Labute approximate surface area is 157 Å². The number of carbonyl (C=O) groups is 1. The van der Waals surface area contributed by atoms with Gasteiger partial charge in [0.1, 0.15) is 0 Å². The molecule has 1 amide bonds. The Kier molecular flexibility index (Phi) is 5.91. The van der Waals surface area contributed by atoms with Crippen LogP contribution in [0.3, 0.4) is 0 Å². The van der Waals surface area contributed by atoms with Crippen LogP contribution in [-0.4, -0.2) is 61.0 Å². The van der Waals surface area contributed by atoms with Crippen LogP contribution >= 0.6 is 0 Å². The van der Waals surface area contributed by atoms with Crippen molar-refractivity contribution in [2.45, 2.75) is 56.9 Å². The molecule has 1 N–H and O–H groups in total. The summed E-state index contributed by atoms with van der Waals surface area (Å²) >= 11 is 0. The molecule has 142 valence electrons. The SMILES string of the molecule is O=C(c1ccc([C@@H]2CCCNC2)cc1)N1CCN(C2CCCCC2)CC1. The van der Waals surface area contributed by atoms with Gasteiger partial charge in [-0.25, -0.2) is 0 Å². The molecule has 0 bridgehead atoms. The molecular weight excluding hydrogens is 322 g/mol. The molecule has 1 saturated carbocycles. The Morgan fingerprint density at radius 1 is 0.885 bits per heavy atom. The van der Waals surface area contributed by atoms with Gasteiger partial charge >= 0.3 is 0 Å². The summed E-state index contributed by atoms with van der Waals surface area (Å²) in [6.45, 7) is 6.05. The first-order chi connectivity index (χ1) is 12.8. The van der Waals surface area contributed by atoms with E-state index < -0.39 is 0 Å². The van der Waals surface area contributed by atoms with Crippen LogP contribution in [0.1, 0.15) is 66.8 Å². The molecule has 4 heteroatoms. The summed E-state index contributed by atoms with van der Waals surface area (Å²) in [6.07, 6.45) is 9.37. The Bertz CT molecular complexity index is 580. The van der Waals surface area contributed by atoms with Crippen molar-refractivity contribution in [1.82, 2.24) is 15.1 Å². The van der Waals surface area contributed by atoms with Gasteiger partial charge in [-0.05, 0) is 55.8 Å². The number of nitrogens with zero attached hydrogens (tertiary/aromatic N) is 2. The molecule has 0 radical (unpaired) electrons. The van der Waals surface area contributed by atoms with E-state index in [1.807, 2.05) is 12.1 Å². The lowest BCUT2D eigenvalue weighted by molar-refractivity contribution is 0.0523. The van der Waals surface area contributed by atoms with E-state index in [1.54, 1.807) is 0 Å². The van der Waals surface area contributed by atoms with Crippen LogP contribution in [0.2, 0.25) is 0 Å². The lowest BCUT2D eigenvalue weighted by Gasteiger charge is -2.40. The third-order valence-corrected chi connectivity index (χ3v) is 6.62. The first-order valence-electron chi connectivity index (χ1n) is 10.7. The monoisotopic (exact) mass is 355 g/mol. The Morgan fingerprint density at radius 3 is 2.27 bits per heavy atom. The van der Waals surface area contributed by atoms with Crippen molar-refractivity contribution in [2.24, 2.45) is 0 Å². The number of piperazine rings is 1. The Balaban J connectivity index is 1.31. The summed E-state index contributed by atoms with van der Waals surface area (Å²) in [5.41, 5.74) is 2.22. The lowest BCUT2D eigenvalue weighted by atomic mass is 9.91. The van der Waals surface area contributed by atoms with Gasteiger partial charge in [-0.3, -0.25) is 9.69 Å². The van der Waals surface area contributed by atoms with E-state index >= 15 is 0 Å². The standard InChI is InChI=1S/C22H33N3O/c26-22(19-10-8-18(9-11-19)20-5-4-12-23-17-20)25-15-13-24(14-16-25)21-6-2-1-3-7-21/h8-11,20-21,23H,1-7,12-17H2/t20-/m1/s1. The minimum atomic E-state index is 0.210. The number of hydrogen-bond acceptors (Lipinski definition) is 3. The van der Waals surface area contributed by atoms with Gasteiger partial charge in [0.15, 0.2) is 0 Å². The normalized spacial score (nSPS) is 26.0. The molecule has 0 aromatic heterocycles. The molecular formula is C22H33N3O. The van der Waals surface area contributed by atoms with Gasteiger partial charge in [0.05, 0.1) is 0 Å². The fraction of sp³-hybridized carbons (Fsp3) is 0.682. The third-order valence-electron chi connectivity index (χ3n) is 6.62. The number of rotatable bonds is 3. The average molecular weight is 356 g/mol. The maximum Gasteiger partial charge on any atom is 0.253 e. The van der Waals surface area contributed by atoms with Crippen LogP contribution in [0.5, 0.6) is 0 Å². The quantitative estimate of drug-likeness (QED) is 0.904. The zero-order valence-electron chi connectivity index (χ0n) is 16.0. The van der Waals surface area contributed by atoms with Crippen LogP contribution in [0.15, 0.2) is 24.3 Å². The van der Waals surface area contributed by atoms with Gasteiger partial charge in [0.2, 0.25) is 0 Å². The largest absolute Gasteiger partial charge is 0.336 e. The van der Waals surface area contributed by atoms with E-state index in [4.69, 9.17) is 0 Å². The summed E-state index contributed by atoms with van der Waals surface area (Å²) in [5, 5.41) is 3.47. The average Bonchev–Trinajstić information content (AvgIpc) is 2.75. The molecule has 0 unspecified atom stereocenters. The first-order valence-corrected chi connectivity index (χ1v) is 10.7. The van der Waals surface area contributed by atoms with Gasteiger partial charge in [0, 0.05) is 44.3 Å². The molecule has 2 saturated heterocycles. The van der Waals surface area contributed by atoms with Gasteiger partial charge in [-0.2, -0.15) is 0 Å². The maximum absolute atomic E-state index is 12.9. The van der Waals surface area contributed by atoms with Crippen molar-refractivity contribution in [2.75, 3.05) is 39.3 Å². The summed E-state index contributed by atoms with van der Waals surface area (Å²) in [5.74, 6) is 0.813. The first kappa shape index (κ1) is 18.0. The minimum absolute atomic E-state index is 0.210. The zero-order valence-corrected chi connectivity index (χ0v) is 16.0. The van der Waals surface area contributed by atoms with E-state index in [2.05, 4.69) is 27.2 Å². The summed E-state index contributed by atoms with van der Waals surface area (Å²) in [7, 11) is 0. The van der Waals surface area contributed by atoms with Gasteiger partial charge in [0.25, 0.3) is 5.91 Å². The molecule has 2 aliphatic heterocycles. The number of benzene rings is 1. The topological polar surface area (TPSA) is 35.6 Å². The van der Waals surface area contributed by atoms with Gasteiger partial charge < -0.3 is 10.2 Å². The van der Waals surface area contributed by atoms with Crippen LogP contribution in [-0.2, 0) is 0 Å². The van der Waals surface area contributed by atoms with E-state index in [9.17, 15) is 4.79 Å². The van der Waals surface area contributed by atoms with E-state index in [0.29, 0.717) is 5.92 Å². The summed E-state index contributed by atoms with van der Waals surface area (Å²) in [6, 6.07) is 9.19. The molecule has 1 aliphatic carbocycles. The van der Waals surface area contributed by atoms with Gasteiger partial charge in [-0.15, -0.1) is 0 Å². The Morgan fingerprint density at radius 2 is 1.62 bits per heavy atom. The summed E-state index contributed by atoms with van der Waals surface area (Å²) < 4.78 is 0. The van der Waals surface area contributed by atoms with Crippen LogP contribution < -0.4 is 5.32 Å². The van der Waals surface area contributed by atoms with Crippen LogP contribution in [0.25, 0.3) is 0 Å². The highest BCUT2D eigenvalue weighted by Crippen LogP contribution is 2.25. The second kappa shape index (κ2) is 8.53. The van der Waals surface area contributed by atoms with Crippen molar-refractivity contribution in [3.63, 3.8) is 0 Å².